The van der Waals surface area contributed by atoms with Crippen molar-refractivity contribution >= 4 is 16.8 Å². The van der Waals surface area contributed by atoms with Gasteiger partial charge in [0.05, 0.1) is 0 Å². The monoisotopic (exact) mass is 311 g/mol. The molecule has 3 fully saturated rings. The van der Waals surface area contributed by atoms with E-state index in [0.717, 1.165) is 29.7 Å². The number of benzene rings is 1. The number of aryl methyl sites for hydroxylation is 1. The largest absolute Gasteiger partial charge is 0.346 e. The fourth-order valence-electron chi connectivity index (χ4n) is 4.60. The summed E-state index contributed by atoms with van der Waals surface area (Å²) in [7, 11) is 1.97. The van der Waals surface area contributed by atoms with Gasteiger partial charge in [-0.1, -0.05) is 18.2 Å². The highest BCUT2D eigenvalue weighted by molar-refractivity contribution is 5.98. The van der Waals surface area contributed by atoms with Crippen molar-refractivity contribution in [2.45, 2.75) is 38.3 Å². The van der Waals surface area contributed by atoms with Gasteiger partial charge in [-0.15, -0.1) is 0 Å². The van der Waals surface area contributed by atoms with Gasteiger partial charge in [0.25, 0.3) is 5.91 Å². The Bertz CT molecular complexity index is 753. The molecule has 0 radical (unpaired) electrons. The van der Waals surface area contributed by atoms with E-state index in [1.807, 2.05) is 29.8 Å². The average Bonchev–Trinajstić information content (AvgIpc) is 2.89. The van der Waals surface area contributed by atoms with Crippen molar-refractivity contribution in [1.82, 2.24) is 14.8 Å². The van der Waals surface area contributed by atoms with E-state index in [4.69, 9.17) is 0 Å². The number of carbonyl (C=O) groups excluding carboxylic acids is 1. The van der Waals surface area contributed by atoms with Crippen molar-refractivity contribution < 1.29 is 4.79 Å². The van der Waals surface area contributed by atoms with Crippen LogP contribution in [0.25, 0.3) is 10.9 Å². The fourth-order valence-corrected chi connectivity index (χ4v) is 4.60. The summed E-state index contributed by atoms with van der Waals surface area (Å²) in [5.74, 6) is 0.657. The number of hydrogen-bond donors (Lipinski definition) is 1. The summed E-state index contributed by atoms with van der Waals surface area (Å²) in [6.45, 7) is 6.87. The molecule has 2 aromatic rings. The van der Waals surface area contributed by atoms with Gasteiger partial charge in [0, 0.05) is 29.5 Å². The maximum absolute atomic E-state index is 12.9. The number of hydrogen-bond acceptors (Lipinski definition) is 2. The normalized spacial score (nSPS) is 28.9. The Labute approximate surface area is 137 Å². The second-order valence-corrected chi connectivity index (χ2v) is 7.58. The van der Waals surface area contributed by atoms with Crippen LogP contribution in [0.15, 0.2) is 30.3 Å². The van der Waals surface area contributed by atoms with Gasteiger partial charge in [-0.2, -0.15) is 0 Å². The molecular weight excluding hydrogens is 286 g/mol. The van der Waals surface area contributed by atoms with Crippen LogP contribution in [0.5, 0.6) is 0 Å². The molecule has 0 spiro atoms. The van der Waals surface area contributed by atoms with Crippen molar-refractivity contribution in [1.29, 1.82) is 0 Å². The van der Waals surface area contributed by atoms with E-state index in [-0.39, 0.29) is 17.5 Å². The molecule has 122 valence electrons. The first-order valence-electron chi connectivity index (χ1n) is 8.59. The summed E-state index contributed by atoms with van der Waals surface area (Å²) in [4.78, 5) is 15.4. The van der Waals surface area contributed by atoms with Crippen LogP contribution in [0.3, 0.4) is 0 Å². The molecule has 3 aliphatic rings. The predicted molar refractivity (Wildman–Crippen MR) is 92.5 cm³/mol. The van der Waals surface area contributed by atoms with Crippen molar-refractivity contribution in [3.05, 3.63) is 36.0 Å². The molecule has 0 unspecified atom stereocenters. The molecule has 5 rings (SSSR count). The second kappa shape index (κ2) is 5.10. The molecule has 4 nitrogen and oxygen atoms in total. The van der Waals surface area contributed by atoms with E-state index in [1.54, 1.807) is 0 Å². The lowest BCUT2D eigenvalue weighted by molar-refractivity contribution is -0.0378. The Morgan fingerprint density at radius 1 is 1.22 bits per heavy atom. The Balaban J connectivity index is 1.63. The highest BCUT2D eigenvalue weighted by Gasteiger charge is 2.48. The highest BCUT2D eigenvalue weighted by atomic mass is 16.2. The predicted octanol–water partition coefficient (Wildman–Crippen LogP) is 2.78. The summed E-state index contributed by atoms with van der Waals surface area (Å²) in [5, 5.41) is 4.48. The van der Waals surface area contributed by atoms with E-state index >= 15 is 0 Å². The third-order valence-electron chi connectivity index (χ3n) is 6.06. The smallest absolute Gasteiger partial charge is 0.268 e. The molecule has 4 heterocycles. The first-order valence-corrected chi connectivity index (χ1v) is 8.59. The Morgan fingerprint density at radius 3 is 2.57 bits per heavy atom. The van der Waals surface area contributed by atoms with E-state index in [0.29, 0.717) is 5.92 Å². The Morgan fingerprint density at radius 2 is 1.91 bits per heavy atom. The lowest BCUT2D eigenvalue weighted by Crippen LogP contribution is -2.69. The zero-order chi connectivity index (χ0) is 16.2. The standard InChI is InChI=1S/C19H25N3O/c1-19(2)17(13-8-10-22(19)11-9-13)20-18(23)16-12-14-6-4-5-7-15(14)21(16)3/h4-7,12-13,17H,8-11H2,1-3H3,(H,20,23)/t17-/m0/s1. The van der Waals surface area contributed by atoms with Gasteiger partial charge in [-0.05, 0) is 57.8 Å². The first kappa shape index (κ1) is 14.8. The van der Waals surface area contributed by atoms with Gasteiger partial charge >= 0.3 is 0 Å². The topological polar surface area (TPSA) is 37.3 Å². The molecular formula is C19H25N3O. The minimum atomic E-state index is 0.0431. The van der Waals surface area contributed by atoms with Crippen LogP contribution < -0.4 is 5.32 Å². The summed E-state index contributed by atoms with van der Waals surface area (Å²) in [5.41, 5.74) is 1.89. The van der Waals surface area contributed by atoms with Gasteiger partial charge in [-0.3, -0.25) is 9.69 Å². The number of aromatic nitrogens is 1. The maximum Gasteiger partial charge on any atom is 0.268 e. The lowest BCUT2D eigenvalue weighted by atomic mass is 9.72. The molecule has 1 aromatic carbocycles. The molecule has 2 bridgehead atoms. The van der Waals surface area contributed by atoms with Crippen molar-refractivity contribution in [2.24, 2.45) is 13.0 Å². The van der Waals surface area contributed by atoms with Crippen LogP contribution in [0.1, 0.15) is 37.2 Å². The molecule has 23 heavy (non-hydrogen) atoms. The van der Waals surface area contributed by atoms with Crippen molar-refractivity contribution in [2.75, 3.05) is 13.1 Å². The van der Waals surface area contributed by atoms with Crippen LogP contribution in [0.4, 0.5) is 0 Å². The average molecular weight is 311 g/mol. The van der Waals surface area contributed by atoms with Gasteiger partial charge < -0.3 is 9.88 Å². The van der Waals surface area contributed by atoms with Crippen LogP contribution in [-0.4, -0.2) is 40.0 Å². The van der Waals surface area contributed by atoms with Crippen molar-refractivity contribution in [3.63, 3.8) is 0 Å². The number of carbonyl (C=O) groups is 1. The Hall–Kier alpha value is -1.81. The molecule has 3 aliphatic heterocycles. The summed E-state index contributed by atoms with van der Waals surface area (Å²) in [6, 6.07) is 10.4. The quantitative estimate of drug-likeness (QED) is 0.926. The van der Waals surface area contributed by atoms with Crippen LogP contribution in [-0.2, 0) is 7.05 Å². The van der Waals surface area contributed by atoms with E-state index < -0.39 is 0 Å². The van der Waals surface area contributed by atoms with Gasteiger partial charge in [0.1, 0.15) is 5.69 Å². The third-order valence-corrected chi connectivity index (χ3v) is 6.06. The molecule has 1 aromatic heterocycles. The minimum Gasteiger partial charge on any atom is -0.346 e. The lowest BCUT2D eigenvalue weighted by Gasteiger charge is -2.56. The summed E-state index contributed by atoms with van der Waals surface area (Å²) < 4.78 is 2.00. The molecule has 1 N–H and O–H groups in total. The first-order chi connectivity index (χ1) is 11.0. The Kier molecular flexibility index (Phi) is 3.27. The number of rotatable bonds is 2. The highest BCUT2D eigenvalue weighted by Crippen LogP contribution is 2.39. The van der Waals surface area contributed by atoms with E-state index in [1.165, 1.54) is 12.8 Å². The third kappa shape index (κ3) is 2.19. The fraction of sp³-hybridized carbons (Fsp3) is 0.526. The van der Waals surface area contributed by atoms with Crippen LogP contribution in [0.2, 0.25) is 0 Å². The molecule has 3 saturated heterocycles. The van der Waals surface area contributed by atoms with E-state index in [2.05, 4.69) is 36.2 Å². The second-order valence-electron chi connectivity index (χ2n) is 7.58. The van der Waals surface area contributed by atoms with Crippen molar-refractivity contribution in [3.8, 4) is 0 Å². The van der Waals surface area contributed by atoms with Crippen LogP contribution >= 0.6 is 0 Å². The zero-order valence-electron chi connectivity index (χ0n) is 14.2. The van der Waals surface area contributed by atoms with E-state index in [9.17, 15) is 4.79 Å². The van der Waals surface area contributed by atoms with Crippen LogP contribution in [0, 0.1) is 5.92 Å². The number of fused-ring (bicyclic) bond motifs is 4. The van der Waals surface area contributed by atoms with Gasteiger partial charge in [-0.25, -0.2) is 0 Å². The molecule has 0 saturated carbocycles. The number of para-hydroxylation sites is 1. The molecule has 0 aliphatic carbocycles. The number of piperidine rings is 3. The minimum absolute atomic E-state index is 0.0431. The summed E-state index contributed by atoms with van der Waals surface area (Å²) in [6.07, 6.45) is 2.40. The molecule has 4 heteroatoms. The summed E-state index contributed by atoms with van der Waals surface area (Å²) >= 11 is 0. The maximum atomic E-state index is 12.9. The number of nitrogens with one attached hydrogen (secondary N) is 1. The zero-order valence-corrected chi connectivity index (χ0v) is 14.2. The molecule has 1 atom stereocenters. The number of nitrogens with zero attached hydrogens (tertiary/aromatic N) is 2. The van der Waals surface area contributed by atoms with Gasteiger partial charge in [0.2, 0.25) is 0 Å². The van der Waals surface area contributed by atoms with Gasteiger partial charge in [0.15, 0.2) is 0 Å². The SMILES string of the molecule is Cn1c(C(=O)N[C@H]2C3CCN(CC3)C2(C)C)cc2ccccc21. The molecule has 1 amide bonds. The number of amides is 1.